The van der Waals surface area contributed by atoms with Crippen LogP contribution in [0.1, 0.15) is 5.69 Å². The van der Waals surface area contributed by atoms with Gasteiger partial charge in [-0.05, 0) is 36.6 Å². The largest absolute Gasteiger partial charge is 0.497 e. The van der Waals surface area contributed by atoms with Crippen LogP contribution in [-0.4, -0.2) is 17.0 Å². The first-order valence-electron chi connectivity index (χ1n) is 6.12. The normalized spacial score (nSPS) is 10.9. The highest BCUT2D eigenvalue weighted by molar-refractivity contribution is 6.07. The van der Waals surface area contributed by atoms with Crippen molar-refractivity contribution in [3.63, 3.8) is 0 Å². The summed E-state index contributed by atoms with van der Waals surface area (Å²) < 4.78 is 5.22. The van der Waals surface area contributed by atoms with Crippen LogP contribution in [0, 0.1) is 17.0 Å². The molecule has 100 valence electrons. The molecule has 0 saturated heterocycles. The number of aromatic nitrogens is 1. The molecule has 0 atom stereocenters. The predicted molar refractivity (Wildman–Crippen MR) is 77.2 cm³/mol. The summed E-state index contributed by atoms with van der Waals surface area (Å²) in [4.78, 5) is 15.0. The lowest BCUT2D eigenvalue weighted by molar-refractivity contribution is -0.384. The number of nitro groups is 1. The van der Waals surface area contributed by atoms with E-state index in [4.69, 9.17) is 4.74 Å². The molecule has 0 bridgehead atoms. The van der Waals surface area contributed by atoms with Crippen LogP contribution in [0.15, 0.2) is 36.4 Å². The van der Waals surface area contributed by atoms with Gasteiger partial charge in [0.15, 0.2) is 0 Å². The minimum atomic E-state index is -0.394. The maximum absolute atomic E-state index is 10.9. The fourth-order valence-electron chi connectivity index (χ4n) is 2.38. The van der Waals surface area contributed by atoms with Crippen molar-refractivity contribution in [3.8, 4) is 5.75 Å². The van der Waals surface area contributed by atoms with E-state index >= 15 is 0 Å². The van der Waals surface area contributed by atoms with Crippen LogP contribution in [-0.2, 0) is 0 Å². The summed E-state index contributed by atoms with van der Waals surface area (Å²) in [5, 5.41) is 13.6. The second kappa shape index (κ2) is 4.45. The molecule has 1 heterocycles. The Hall–Kier alpha value is -2.69. The van der Waals surface area contributed by atoms with E-state index < -0.39 is 4.92 Å². The standard InChI is InChI=1S/C15H12N2O3/c1-9-13-8-11(20-2)4-5-12(13)14-7-10(17(18)19)3-6-15(14)16-9/h3-8H,1-2H3. The lowest BCUT2D eigenvalue weighted by atomic mass is 10.0. The Labute approximate surface area is 115 Å². The van der Waals surface area contributed by atoms with Gasteiger partial charge >= 0.3 is 0 Å². The van der Waals surface area contributed by atoms with Crippen LogP contribution in [0.4, 0.5) is 5.69 Å². The molecular formula is C15H12N2O3. The summed E-state index contributed by atoms with van der Waals surface area (Å²) >= 11 is 0. The van der Waals surface area contributed by atoms with Gasteiger partial charge in [0.2, 0.25) is 0 Å². The number of benzene rings is 2. The predicted octanol–water partition coefficient (Wildman–Crippen LogP) is 3.61. The average molecular weight is 268 g/mol. The van der Waals surface area contributed by atoms with Crippen molar-refractivity contribution in [1.29, 1.82) is 0 Å². The van der Waals surface area contributed by atoms with Crippen molar-refractivity contribution in [1.82, 2.24) is 4.98 Å². The number of fused-ring (bicyclic) bond motifs is 3. The number of hydrogen-bond donors (Lipinski definition) is 0. The van der Waals surface area contributed by atoms with E-state index in [1.165, 1.54) is 6.07 Å². The molecule has 0 unspecified atom stereocenters. The fourth-order valence-corrected chi connectivity index (χ4v) is 2.38. The summed E-state index contributed by atoms with van der Waals surface area (Å²) in [6.45, 7) is 1.92. The number of rotatable bonds is 2. The fraction of sp³-hybridized carbons (Fsp3) is 0.133. The van der Waals surface area contributed by atoms with Gasteiger partial charge in [-0.1, -0.05) is 0 Å². The quantitative estimate of drug-likeness (QED) is 0.404. The molecule has 2 aromatic carbocycles. The number of hydrogen-bond acceptors (Lipinski definition) is 4. The maximum Gasteiger partial charge on any atom is 0.270 e. The van der Waals surface area contributed by atoms with Gasteiger partial charge in [0, 0.05) is 28.6 Å². The Kier molecular flexibility index (Phi) is 2.75. The van der Waals surface area contributed by atoms with E-state index in [1.807, 2.05) is 25.1 Å². The van der Waals surface area contributed by atoms with Crippen LogP contribution in [0.2, 0.25) is 0 Å². The first-order chi connectivity index (χ1) is 9.60. The van der Waals surface area contributed by atoms with E-state index in [2.05, 4.69) is 4.98 Å². The minimum absolute atomic E-state index is 0.0697. The number of ether oxygens (including phenoxy) is 1. The Morgan fingerprint density at radius 1 is 1.10 bits per heavy atom. The lowest BCUT2D eigenvalue weighted by Gasteiger charge is -2.08. The molecule has 3 aromatic rings. The smallest absolute Gasteiger partial charge is 0.270 e. The monoisotopic (exact) mass is 268 g/mol. The Morgan fingerprint density at radius 2 is 1.90 bits per heavy atom. The molecule has 5 nitrogen and oxygen atoms in total. The molecule has 20 heavy (non-hydrogen) atoms. The molecule has 5 heteroatoms. The summed E-state index contributed by atoms with van der Waals surface area (Å²) in [7, 11) is 1.61. The van der Waals surface area contributed by atoms with Crippen molar-refractivity contribution in [2.24, 2.45) is 0 Å². The van der Waals surface area contributed by atoms with Gasteiger partial charge in [-0.3, -0.25) is 15.1 Å². The van der Waals surface area contributed by atoms with Crippen LogP contribution < -0.4 is 4.74 Å². The molecule has 0 amide bonds. The van der Waals surface area contributed by atoms with E-state index in [1.54, 1.807) is 19.2 Å². The Bertz CT molecular complexity index is 843. The maximum atomic E-state index is 10.9. The summed E-state index contributed by atoms with van der Waals surface area (Å²) in [6, 6.07) is 10.4. The number of nitrogens with zero attached hydrogens (tertiary/aromatic N) is 2. The Balaban J connectivity index is 2.43. The molecule has 0 aliphatic rings. The minimum Gasteiger partial charge on any atom is -0.497 e. The molecule has 0 N–H and O–H groups in total. The zero-order chi connectivity index (χ0) is 14.3. The third-order valence-electron chi connectivity index (χ3n) is 3.39. The van der Waals surface area contributed by atoms with Gasteiger partial charge in [-0.2, -0.15) is 0 Å². The third kappa shape index (κ3) is 1.84. The van der Waals surface area contributed by atoms with Gasteiger partial charge in [0.05, 0.1) is 17.5 Å². The van der Waals surface area contributed by atoms with Gasteiger partial charge in [-0.25, -0.2) is 0 Å². The van der Waals surface area contributed by atoms with Crippen LogP contribution in [0.5, 0.6) is 5.75 Å². The molecule has 0 aliphatic heterocycles. The zero-order valence-corrected chi connectivity index (χ0v) is 11.1. The van der Waals surface area contributed by atoms with E-state index in [0.29, 0.717) is 0 Å². The van der Waals surface area contributed by atoms with Crippen molar-refractivity contribution in [3.05, 3.63) is 52.2 Å². The number of nitro benzene ring substituents is 1. The first-order valence-corrected chi connectivity index (χ1v) is 6.12. The SMILES string of the molecule is COc1ccc2c(c1)c(C)nc1ccc([N+](=O)[O-])cc12. The van der Waals surface area contributed by atoms with Crippen LogP contribution in [0.3, 0.4) is 0 Å². The molecule has 0 spiro atoms. The molecular weight excluding hydrogens is 256 g/mol. The Morgan fingerprint density at radius 3 is 2.60 bits per heavy atom. The highest BCUT2D eigenvalue weighted by Crippen LogP contribution is 2.31. The highest BCUT2D eigenvalue weighted by Gasteiger charge is 2.11. The number of non-ortho nitro benzene ring substituents is 1. The third-order valence-corrected chi connectivity index (χ3v) is 3.39. The molecule has 0 fully saturated rings. The van der Waals surface area contributed by atoms with E-state index in [-0.39, 0.29) is 5.69 Å². The summed E-state index contributed by atoms with van der Waals surface area (Å²) in [6.07, 6.45) is 0. The zero-order valence-electron chi connectivity index (χ0n) is 11.1. The van der Waals surface area contributed by atoms with Gasteiger partial charge in [0.1, 0.15) is 5.75 Å². The number of aryl methyl sites for hydroxylation is 1. The van der Waals surface area contributed by atoms with E-state index in [0.717, 1.165) is 33.1 Å². The van der Waals surface area contributed by atoms with Gasteiger partial charge in [-0.15, -0.1) is 0 Å². The molecule has 0 aliphatic carbocycles. The van der Waals surface area contributed by atoms with E-state index in [9.17, 15) is 10.1 Å². The second-order valence-corrected chi connectivity index (χ2v) is 4.57. The topological polar surface area (TPSA) is 65.3 Å². The number of pyridine rings is 1. The van der Waals surface area contributed by atoms with Crippen molar-refractivity contribution < 1.29 is 9.66 Å². The van der Waals surface area contributed by atoms with Crippen LogP contribution >= 0.6 is 0 Å². The van der Waals surface area contributed by atoms with Crippen molar-refractivity contribution >= 4 is 27.4 Å². The van der Waals surface area contributed by atoms with Gasteiger partial charge in [0.25, 0.3) is 5.69 Å². The van der Waals surface area contributed by atoms with Gasteiger partial charge < -0.3 is 4.74 Å². The summed E-state index contributed by atoms with van der Waals surface area (Å²) in [5.41, 5.74) is 1.70. The average Bonchev–Trinajstić information content (AvgIpc) is 2.46. The van der Waals surface area contributed by atoms with Crippen LogP contribution in [0.25, 0.3) is 21.7 Å². The number of methoxy groups -OCH3 is 1. The molecule has 0 saturated carbocycles. The molecule has 3 rings (SSSR count). The first kappa shape index (κ1) is 12.3. The van der Waals surface area contributed by atoms with Crippen molar-refractivity contribution in [2.45, 2.75) is 6.92 Å². The highest BCUT2D eigenvalue weighted by atomic mass is 16.6. The van der Waals surface area contributed by atoms with Crippen molar-refractivity contribution in [2.75, 3.05) is 7.11 Å². The summed E-state index contributed by atoms with van der Waals surface area (Å²) in [5.74, 6) is 0.743. The lowest BCUT2D eigenvalue weighted by Crippen LogP contribution is -1.92. The molecule has 0 radical (unpaired) electrons. The molecule has 1 aromatic heterocycles. The second-order valence-electron chi connectivity index (χ2n) is 4.57.